The number of rotatable bonds is 8. The van der Waals surface area contributed by atoms with Gasteiger partial charge >= 0.3 is 5.97 Å². The summed E-state index contributed by atoms with van der Waals surface area (Å²) < 4.78 is 0. The van der Waals surface area contributed by atoms with Gasteiger partial charge in [0.25, 0.3) is 0 Å². The fourth-order valence-corrected chi connectivity index (χ4v) is 2.73. The van der Waals surface area contributed by atoms with Gasteiger partial charge in [0.2, 0.25) is 0 Å². The molecule has 0 amide bonds. The Labute approximate surface area is 105 Å². The number of carbonyl (C=O) groups is 1. The Kier molecular flexibility index (Phi) is 7.25. The van der Waals surface area contributed by atoms with Crippen molar-refractivity contribution in [2.75, 3.05) is 13.1 Å². The molecule has 1 aliphatic rings. The van der Waals surface area contributed by atoms with Crippen molar-refractivity contribution >= 4 is 5.97 Å². The van der Waals surface area contributed by atoms with Crippen LogP contribution in [-0.2, 0) is 4.79 Å². The molecule has 17 heavy (non-hydrogen) atoms. The van der Waals surface area contributed by atoms with Gasteiger partial charge in [-0.2, -0.15) is 0 Å². The van der Waals surface area contributed by atoms with Crippen molar-refractivity contribution in [2.24, 2.45) is 0 Å². The maximum Gasteiger partial charge on any atom is 0.304 e. The van der Waals surface area contributed by atoms with E-state index in [2.05, 4.69) is 11.8 Å². The van der Waals surface area contributed by atoms with E-state index in [1.54, 1.807) is 0 Å². The number of hydrogen-bond acceptors (Lipinski definition) is 2. The zero-order valence-electron chi connectivity index (χ0n) is 11.2. The molecule has 3 heteroatoms. The molecule has 0 spiro atoms. The highest BCUT2D eigenvalue weighted by molar-refractivity contribution is 5.66. The SMILES string of the molecule is CCCCCN(CCC(=O)O)C1CCCCC1. The van der Waals surface area contributed by atoms with Gasteiger partial charge in [-0.15, -0.1) is 0 Å². The first kappa shape index (κ1) is 14.5. The maximum atomic E-state index is 10.7. The van der Waals surface area contributed by atoms with Gasteiger partial charge < -0.3 is 5.11 Å². The number of aliphatic carboxylic acids is 1. The molecular formula is C14H27NO2. The number of carboxylic acids is 1. The van der Waals surface area contributed by atoms with Gasteiger partial charge in [0.1, 0.15) is 0 Å². The summed E-state index contributed by atoms with van der Waals surface area (Å²) in [5.41, 5.74) is 0. The lowest BCUT2D eigenvalue weighted by molar-refractivity contribution is -0.137. The van der Waals surface area contributed by atoms with Crippen molar-refractivity contribution < 1.29 is 9.90 Å². The minimum atomic E-state index is -0.665. The van der Waals surface area contributed by atoms with Crippen LogP contribution in [0, 0.1) is 0 Å². The van der Waals surface area contributed by atoms with E-state index in [0.29, 0.717) is 12.5 Å². The van der Waals surface area contributed by atoms with Crippen LogP contribution in [0.25, 0.3) is 0 Å². The van der Waals surface area contributed by atoms with Crippen LogP contribution in [0.4, 0.5) is 0 Å². The Hall–Kier alpha value is -0.570. The summed E-state index contributed by atoms with van der Waals surface area (Å²) in [6.07, 6.45) is 10.5. The first-order valence-electron chi connectivity index (χ1n) is 7.20. The van der Waals surface area contributed by atoms with E-state index in [9.17, 15) is 4.79 Å². The monoisotopic (exact) mass is 241 g/mol. The van der Waals surface area contributed by atoms with Crippen molar-refractivity contribution in [2.45, 2.75) is 70.8 Å². The molecule has 0 aromatic heterocycles. The normalized spacial score (nSPS) is 17.5. The lowest BCUT2D eigenvalue weighted by Crippen LogP contribution is -2.38. The molecule has 1 fully saturated rings. The van der Waals surface area contributed by atoms with Crippen LogP contribution in [0.5, 0.6) is 0 Å². The van der Waals surface area contributed by atoms with Gasteiger partial charge in [0.15, 0.2) is 0 Å². The molecule has 0 bridgehead atoms. The number of nitrogens with zero attached hydrogens (tertiary/aromatic N) is 1. The van der Waals surface area contributed by atoms with E-state index in [-0.39, 0.29) is 0 Å². The zero-order chi connectivity index (χ0) is 12.5. The third kappa shape index (κ3) is 6.06. The smallest absolute Gasteiger partial charge is 0.304 e. The summed E-state index contributed by atoms with van der Waals surface area (Å²) >= 11 is 0. The summed E-state index contributed by atoms with van der Waals surface area (Å²) in [5.74, 6) is -0.665. The highest BCUT2D eigenvalue weighted by atomic mass is 16.4. The van der Waals surface area contributed by atoms with Crippen molar-refractivity contribution in [3.63, 3.8) is 0 Å². The Morgan fingerprint density at radius 3 is 2.47 bits per heavy atom. The van der Waals surface area contributed by atoms with Crippen molar-refractivity contribution in [1.29, 1.82) is 0 Å². The molecule has 0 aromatic rings. The third-order valence-corrected chi connectivity index (χ3v) is 3.75. The molecule has 3 nitrogen and oxygen atoms in total. The molecule has 0 atom stereocenters. The second-order valence-corrected chi connectivity index (χ2v) is 5.18. The molecule has 0 heterocycles. The van der Waals surface area contributed by atoms with Gasteiger partial charge in [0.05, 0.1) is 6.42 Å². The summed E-state index contributed by atoms with van der Waals surface area (Å²) in [6, 6.07) is 0.653. The molecule has 1 saturated carbocycles. The van der Waals surface area contributed by atoms with Crippen LogP contribution in [0.2, 0.25) is 0 Å². The predicted molar refractivity (Wildman–Crippen MR) is 70.2 cm³/mol. The molecule has 0 unspecified atom stereocenters. The Morgan fingerprint density at radius 1 is 1.18 bits per heavy atom. The first-order valence-corrected chi connectivity index (χ1v) is 7.20. The maximum absolute atomic E-state index is 10.7. The quantitative estimate of drug-likeness (QED) is 0.663. The summed E-state index contributed by atoms with van der Waals surface area (Å²) in [6.45, 7) is 4.04. The molecule has 0 saturated heterocycles. The molecular weight excluding hydrogens is 214 g/mol. The zero-order valence-corrected chi connectivity index (χ0v) is 11.2. The van der Waals surface area contributed by atoms with Crippen LogP contribution in [0.15, 0.2) is 0 Å². The van der Waals surface area contributed by atoms with Crippen molar-refractivity contribution in [3.05, 3.63) is 0 Å². The molecule has 100 valence electrons. The lowest BCUT2D eigenvalue weighted by Gasteiger charge is -2.34. The minimum Gasteiger partial charge on any atom is -0.481 e. The number of carboxylic acid groups (broad SMARTS) is 1. The highest BCUT2D eigenvalue weighted by Gasteiger charge is 2.20. The van der Waals surface area contributed by atoms with Crippen LogP contribution in [0.1, 0.15) is 64.7 Å². The van der Waals surface area contributed by atoms with E-state index in [0.717, 1.165) is 13.1 Å². The topological polar surface area (TPSA) is 40.5 Å². The van der Waals surface area contributed by atoms with Gasteiger partial charge in [-0.1, -0.05) is 39.0 Å². The fraction of sp³-hybridized carbons (Fsp3) is 0.929. The Morgan fingerprint density at radius 2 is 1.88 bits per heavy atom. The van der Waals surface area contributed by atoms with Crippen LogP contribution in [0.3, 0.4) is 0 Å². The number of hydrogen-bond donors (Lipinski definition) is 1. The van der Waals surface area contributed by atoms with Crippen LogP contribution < -0.4 is 0 Å². The lowest BCUT2D eigenvalue weighted by atomic mass is 9.94. The van der Waals surface area contributed by atoms with E-state index < -0.39 is 5.97 Å². The van der Waals surface area contributed by atoms with E-state index in [4.69, 9.17) is 5.11 Å². The van der Waals surface area contributed by atoms with Crippen molar-refractivity contribution in [3.8, 4) is 0 Å². The Balaban J connectivity index is 2.35. The molecule has 0 aromatic carbocycles. The summed E-state index contributed by atoms with van der Waals surface area (Å²) in [7, 11) is 0. The summed E-state index contributed by atoms with van der Waals surface area (Å²) in [4.78, 5) is 13.1. The van der Waals surface area contributed by atoms with Gasteiger partial charge in [-0.05, 0) is 25.8 Å². The van der Waals surface area contributed by atoms with E-state index in [1.807, 2.05) is 0 Å². The van der Waals surface area contributed by atoms with E-state index in [1.165, 1.54) is 51.4 Å². The van der Waals surface area contributed by atoms with E-state index >= 15 is 0 Å². The number of unbranched alkanes of at least 4 members (excludes halogenated alkanes) is 2. The second-order valence-electron chi connectivity index (χ2n) is 5.18. The van der Waals surface area contributed by atoms with Crippen LogP contribution in [-0.4, -0.2) is 35.1 Å². The molecule has 1 rings (SSSR count). The van der Waals surface area contributed by atoms with Gasteiger partial charge in [-0.3, -0.25) is 9.69 Å². The second kappa shape index (κ2) is 8.51. The molecule has 1 N–H and O–H groups in total. The third-order valence-electron chi connectivity index (χ3n) is 3.75. The largest absolute Gasteiger partial charge is 0.481 e. The van der Waals surface area contributed by atoms with Gasteiger partial charge in [-0.25, -0.2) is 0 Å². The standard InChI is InChI=1S/C14H27NO2/c1-2-3-7-11-15(12-10-14(16)17)13-8-5-4-6-9-13/h13H,2-12H2,1H3,(H,16,17). The minimum absolute atomic E-state index is 0.294. The Bertz CT molecular complexity index is 212. The molecule has 0 aliphatic heterocycles. The molecule has 1 aliphatic carbocycles. The average Bonchev–Trinajstić information content (AvgIpc) is 2.34. The highest BCUT2D eigenvalue weighted by Crippen LogP contribution is 2.23. The summed E-state index contributed by atoms with van der Waals surface area (Å²) in [5, 5.41) is 8.81. The van der Waals surface area contributed by atoms with Crippen LogP contribution >= 0.6 is 0 Å². The van der Waals surface area contributed by atoms with Gasteiger partial charge in [0, 0.05) is 12.6 Å². The fourth-order valence-electron chi connectivity index (χ4n) is 2.73. The van der Waals surface area contributed by atoms with Crippen molar-refractivity contribution in [1.82, 2.24) is 4.90 Å². The average molecular weight is 241 g/mol. The first-order chi connectivity index (χ1) is 8.24. The predicted octanol–water partition coefficient (Wildman–Crippen LogP) is 3.29. The molecule has 0 radical (unpaired) electrons.